The van der Waals surface area contributed by atoms with E-state index < -0.39 is 4.92 Å². The zero-order chi connectivity index (χ0) is 23.5. The van der Waals surface area contributed by atoms with E-state index in [2.05, 4.69) is 15.3 Å². The molecule has 7 heteroatoms. The molecule has 0 aliphatic carbocycles. The van der Waals surface area contributed by atoms with E-state index in [1.54, 1.807) is 25.4 Å². The van der Waals surface area contributed by atoms with E-state index in [0.717, 1.165) is 22.0 Å². The average molecular weight is 443 g/mol. The Bertz CT molecular complexity index is 1310. The van der Waals surface area contributed by atoms with Gasteiger partial charge in [-0.05, 0) is 55.5 Å². The Hall–Kier alpha value is -3.87. The average Bonchev–Trinajstić information content (AvgIpc) is 2.82. The fraction of sp³-hybridized carbons (Fsp3) is 0.269. The van der Waals surface area contributed by atoms with Crippen molar-refractivity contribution in [2.75, 3.05) is 6.54 Å². The van der Waals surface area contributed by atoms with Crippen LogP contribution in [0.5, 0.6) is 0 Å². The van der Waals surface area contributed by atoms with Gasteiger partial charge in [-0.1, -0.05) is 37.6 Å². The van der Waals surface area contributed by atoms with Crippen molar-refractivity contribution in [2.24, 2.45) is 5.92 Å². The van der Waals surface area contributed by atoms with Crippen molar-refractivity contribution in [3.63, 3.8) is 0 Å². The minimum atomic E-state index is -0.414. The quantitative estimate of drug-likeness (QED) is 0.420. The smallest absolute Gasteiger partial charge is 0.286 e. The topological polar surface area (TPSA) is 98.0 Å². The molecule has 0 fully saturated rings. The number of benzene rings is 1. The molecule has 1 aliphatic heterocycles. The van der Waals surface area contributed by atoms with Crippen molar-refractivity contribution in [3.8, 4) is 11.3 Å². The lowest BCUT2D eigenvalue weighted by Gasteiger charge is -2.21. The van der Waals surface area contributed by atoms with Gasteiger partial charge >= 0.3 is 0 Å². The second-order valence-corrected chi connectivity index (χ2v) is 8.34. The molecule has 1 aliphatic rings. The highest BCUT2D eigenvalue weighted by Crippen LogP contribution is 2.36. The summed E-state index contributed by atoms with van der Waals surface area (Å²) < 4.78 is 0. The highest BCUT2D eigenvalue weighted by atomic mass is 16.6. The molecular weight excluding hydrogens is 416 g/mol. The third-order valence-corrected chi connectivity index (χ3v) is 6.18. The summed E-state index contributed by atoms with van der Waals surface area (Å²) in [6.07, 6.45) is 4.70. The largest absolute Gasteiger partial charge is 0.351 e. The Morgan fingerprint density at radius 2 is 2.00 bits per heavy atom. The van der Waals surface area contributed by atoms with Crippen LogP contribution in [0.3, 0.4) is 0 Å². The summed E-state index contributed by atoms with van der Waals surface area (Å²) in [5.41, 5.74) is 4.41. The Labute approximate surface area is 192 Å². The molecule has 0 saturated carbocycles. The van der Waals surface area contributed by atoms with Crippen LogP contribution in [-0.2, 0) is 4.79 Å². The van der Waals surface area contributed by atoms with Crippen molar-refractivity contribution in [2.45, 2.75) is 33.6 Å². The van der Waals surface area contributed by atoms with Crippen molar-refractivity contribution >= 4 is 22.4 Å². The first-order valence-corrected chi connectivity index (χ1v) is 11.1. The zero-order valence-electron chi connectivity index (χ0n) is 19.0. The maximum absolute atomic E-state index is 12.7. The number of pyridine rings is 2. The molecule has 0 spiro atoms. The van der Waals surface area contributed by atoms with Gasteiger partial charge in [-0.15, -0.1) is 0 Å². The summed E-state index contributed by atoms with van der Waals surface area (Å²) in [7, 11) is 0. The number of carbonyl (C=O) groups excluding carboxylic acids is 1. The monoisotopic (exact) mass is 442 g/mol. The predicted octanol–water partition coefficient (Wildman–Crippen LogP) is 5.17. The lowest BCUT2D eigenvalue weighted by Crippen LogP contribution is -2.33. The first-order valence-electron chi connectivity index (χ1n) is 11.1. The van der Waals surface area contributed by atoms with Gasteiger partial charge in [0.05, 0.1) is 16.1 Å². The lowest BCUT2D eigenvalue weighted by molar-refractivity contribution is -0.419. The van der Waals surface area contributed by atoms with Gasteiger partial charge in [-0.3, -0.25) is 24.9 Å². The number of nitrogens with zero attached hydrogens (tertiary/aromatic N) is 3. The van der Waals surface area contributed by atoms with Crippen molar-refractivity contribution in [1.82, 2.24) is 15.3 Å². The Balaban J connectivity index is 1.92. The van der Waals surface area contributed by atoms with Crippen LogP contribution in [0.15, 0.2) is 71.7 Å². The van der Waals surface area contributed by atoms with Crippen LogP contribution in [0.25, 0.3) is 27.7 Å². The SMILES string of the molecule is CCC(C)/C(=C(\C1=C(C)CCNC1=O)[N+](=O)[O-])c1ccnc(-c2cnc3ccccc3c2)c1. The van der Waals surface area contributed by atoms with Crippen LogP contribution < -0.4 is 5.32 Å². The predicted molar refractivity (Wildman–Crippen MR) is 129 cm³/mol. The van der Waals surface area contributed by atoms with E-state index in [0.29, 0.717) is 36.2 Å². The molecule has 1 unspecified atom stereocenters. The van der Waals surface area contributed by atoms with Crippen LogP contribution in [-0.4, -0.2) is 27.3 Å². The number of nitrogens with one attached hydrogen (secondary N) is 1. The summed E-state index contributed by atoms with van der Waals surface area (Å²) in [6.45, 7) is 6.23. The molecule has 3 aromatic rings. The summed E-state index contributed by atoms with van der Waals surface area (Å²) in [5, 5.41) is 16.1. The van der Waals surface area contributed by atoms with Gasteiger partial charge in [0.15, 0.2) is 0 Å². The number of amides is 1. The third kappa shape index (κ3) is 4.39. The number of nitro groups is 1. The molecule has 2 aromatic heterocycles. The standard InChI is InChI=1S/C26H26N4O3/c1-4-16(2)23(25(30(32)33)24-17(3)9-11-28-26(24)31)19-10-12-27-22(14-19)20-13-18-7-5-6-8-21(18)29-15-20/h5-8,10,12-16H,4,9,11H2,1-3H3,(H,28,31)/b25-23-. The number of aromatic nitrogens is 2. The molecule has 0 bridgehead atoms. The van der Waals surface area contributed by atoms with Crippen LogP contribution >= 0.6 is 0 Å². The number of carbonyl (C=O) groups is 1. The van der Waals surface area contributed by atoms with Gasteiger partial charge in [0.2, 0.25) is 0 Å². The van der Waals surface area contributed by atoms with Gasteiger partial charge in [-0.25, -0.2) is 0 Å². The molecule has 4 rings (SSSR count). The van der Waals surface area contributed by atoms with Crippen molar-refractivity contribution < 1.29 is 9.72 Å². The fourth-order valence-electron chi connectivity index (χ4n) is 4.23. The normalized spacial score (nSPS) is 15.8. The lowest BCUT2D eigenvalue weighted by atomic mass is 9.86. The maximum atomic E-state index is 12.7. The second-order valence-electron chi connectivity index (χ2n) is 8.34. The minimum absolute atomic E-state index is 0.118. The number of rotatable bonds is 6. The molecule has 3 heterocycles. The van der Waals surface area contributed by atoms with E-state index in [4.69, 9.17) is 0 Å². The molecule has 0 saturated heterocycles. The molecule has 33 heavy (non-hydrogen) atoms. The molecule has 0 radical (unpaired) electrons. The van der Waals surface area contributed by atoms with Crippen molar-refractivity contribution in [3.05, 3.63) is 87.4 Å². The highest BCUT2D eigenvalue weighted by molar-refractivity contribution is 6.01. The molecule has 7 nitrogen and oxygen atoms in total. The summed E-state index contributed by atoms with van der Waals surface area (Å²) in [5.74, 6) is -0.523. The molecule has 1 aromatic carbocycles. The van der Waals surface area contributed by atoms with Crippen LogP contribution in [0.2, 0.25) is 0 Å². The van der Waals surface area contributed by atoms with E-state index in [1.807, 2.05) is 50.2 Å². The van der Waals surface area contributed by atoms with Crippen LogP contribution in [0.4, 0.5) is 0 Å². The maximum Gasteiger partial charge on any atom is 0.286 e. The Morgan fingerprint density at radius 3 is 2.73 bits per heavy atom. The first-order chi connectivity index (χ1) is 15.9. The number of allylic oxidation sites excluding steroid dienone is 1. The summed E-state index contributed by atoms with van der Waals surface area (Å²) in [6, 6.07) is 13.5. The number of hydrogen-bond donors (Lipinski definition) is 1. The van der Waals surface area contributed by atoms with Gasteiger partial charge in [-0.2, -0.15) is 0 Å². The summed E-state index contributed by atoms with van der Waals surface area (Å²) >= 11 is 0. The summed E-state index contributed by atoms with van der Waals surface area (Å²) in [4.78, 5) is 33.6. The Kier molecular flexibility index (Phi) is 6.31. The molecule has 1 atom stereocenters. The van der Waals surface area contributed by atoms with Gasteiger partial charge < -0.3 is 5.32 Å². The number of hydrogen-bond acceptors (Lipinski definition) is 5. The van der Waals surface area contributed by atoms with Gasteiger partial charge in [0.25, 0.3) is 11.6 Å². The van der Waals surface area contributed by atoms with Gasteiger partial charge in [0.1, 0.15) is 5.57 Å². The first kappa shape index (κ1) is 22.3. The van der Waals surface area contributed by atoms with E-state index >= 15 is 0 Å². The molecular formula is C26H26N4O3. The van der Waals surface area contributed by atoms with E-state index in [1.165, 1.54) is 0 Å². The highest BCUT2D eigenvalue weighted by Gasteiger charge is 2.34. The molecule has 1 N–H and O–H groups in total. The minimum Gasteiger partial charge on any atom is -0.351 e. The van der Waals surface area contributed by atoms with E-state index in [9.17, 15) is 14.9 Å². The van der Waals surface area contributed by atoms with E-state index in [-0.39, 0.29) is 23.1 Å². The van der Waals surface area contributed by atoms with Crippen LogP contribution in [0, 0.1) is 16.0 Å². The fourth-order valence-corrected chi connectivity index (χ4v) is 4.23. The second kappa shape index (κ2) is 9.32. The molecule has 1 amide bonds. The number of para-hydroxylation sites is 1. The zero-order valence-corrected chi connectivity index (χ0v) is 19.0. The van der Waals surface area contributed by atoms with Crippen LogP contribution in [0.1, 0.15) is 39.2 Å². The Morgan fingerprint density at radius 1 is 1.21 bits per heavy atom. The third-order valence-electron chi connectivity index (χ3n) is 6.18. The van der Waals surface area contributed by atoms with Crippen molar-refractivity contribution in [1.29, 1.82) is 0 Å². The molecule has 168 valence electrons. The van der Waals surface area contributed by atoms with Gasteiger partial charge in [0, 0.05) is 35.5 Å². The number of fused-ring (bicyclic) bond motifs is 1.